The van der Waals surface area contributed by atoms with Crippen LogP contribution in [0.3, 0.4) is 0 Å². The second-order valence-electron chi connectivity index (χ2n) is 8.85. The van der Waals surface area contributed by atoms with Crippen LogP contribution in [0.4, 0.5) is 19.1 Å². The van der Waals surface area contributed by atoms with Gasteiger partial charge in [-0.05, 0) is 30.7 Å². The maximum atomic E-state index is 14.1. The number of β-amino-alcohol motifs (C(OH)–C–C–N with tert-alkyl or cyclic N) is 1. The minimum absolute atomic E-state index is 0.0821. The first-order chi connectivity index (χ1) is 18.4. The molecule has 0 aromatic carbocycles. The zero-order valence-electron chi connectivity index (χ0n) is 19.7. The smallest absolute Gasteiger partial charge is 0.401 e. The Morgan fingerprint density at radius 1 is 1.28 bits per heavy atom. The normalized spacial score (nSPS) is 22.6. The van der Waals surface area contributed by atoms with E-state index in [0.717, 1.165) is 9.18 Å². The summed E-state index contributed by atoms with van der Waals surface area (Å²) in [5, 5.41) is 16.5. The van der Waals surface area contributed by atoms with Crippen LogP contribution in [0.25, 0.3) is 0 Å². The summed E-state index contributed by atoms with van der Waals surface area (Å²) < 4.78 is 75.7. The third-order valence-corrected chi connectivity index (χ3v) is 9.39. The van der Waals surface area contributed by atoms with Crippen molar-refractivity contribution in [1.82, 2.24) is 23.4 Å². The van der Waals surface area contributed by atoms with Crippen LogP contribution in [0.2, 0.25) is 4.34 Å². The molecule has 5 heterocycles. The molecule has 2 saturated heterocycles. The summed E-state index contributed by atoms with van der Waals surface area (Å²) in [6, 6.07) is 6.09. The predicted molar refractivity (Wildman–Crippen MR) is 130 cm³/mol. The first-order valence-electron chi connectivity index (χ1n) is 11.5. The highest BCUT2D eigenvalue weighted by Gasteiger charge is 2.60. The predicted octanol–water partition coefficient (Wildman–Crippen LogP) is 2.30. The molecule has 3 unspecified atom stereocenters. The van der Waals surface area contributed by atoms with Crippen molar-refractivity contribution >= 4 is 50.9 Å². The number of alkyl halides is 3. The third kappa shape index (κ3) is 5.28. The Bertz CT molecular complexity index is 1490. The van der Waals surface area contributed by atoms with Gasteiger partial charge in [0.25, 0.3) is 0 Å². The molecule has 39 heavy (non-hydrogen) atoms. The number of hydrogen-bond acceptors (Lipinski definition) is 10. The Morgan fingerprint density at radius 3 is 2.64 bits per heavy atom. The van der Waals surface area contributed by atoms with Crippen LogP contribution >= 0.6 is 22.9 Å². The van der Waals surface area contributed by atoms with E-state index in [1.807, 2.05) is 0 Å². The van der Waals surface area contributed by atoms with Crippen LogP contribution in [0.5, 0.6) is 0 Å². The molecule has 0 saturated carbocycles. The number of carbonyl (C=O) groups is 2. The Morgan fingerprint density at radius 2 is 2.05 bits per heavy atom. The number of nitrogens with one attached hydrogen (secondary N) is 1. The van der Waals surface area contributed by atoms with E-state index in [9.17, 15) is 36.3 Å². The number of amides is 1. The molecule has 2 aliphatic rings. The number of rotatable bonds is 7. The zero-order valence-corrected chi connectivity index (χ0v) is 22.1. The lowest BCUT2D eigenvalue weighted by molar-refractivity contribution is -0.182. The number of aliphatic hydroxyl groups is 1. The number of hydrogen-bond donors (Lipinski definition) is 2. The van der Waals surface area contributed by atoms with Gasteiger partial charge in [-0.2, -0.15) is 35.6 Å². The van der Waals surface area contributed by atoms with E-state index in [1.54, 1.807) is 12.1 Å². The second-order valence-corrected chi connectivity index (χ2v) is 12.5. The summed E-state index contributed by atoms with van der Waals surface area (Å²) in [7, 11) is -4.67. The van der Waals surface area contributed by atoms with E-state index >= 15 is 0 Å². The van der Waals surface area contributed by atoms with Gasteiger partial charge >= 0.3 is 22.3 Å². The molecule has 2 aliphatic heterocycles. The summed E-state index contributed by atoms with van der Waals surface area (Å²) in [6.07, 6.45) is -4.84. The SMILES string of the molecule is O=C1C(C(F)(F)F)C(c2nc(NCc3ccc(Cl)s3)n(C(=O)c3ccco3)n2)CN1S(=O)(=O)N1CCC(O)C1. The van der Waals surface area contributed by atoms with Gasteiger partial charge in [0.2, 0.25) is 11.9 Å². The van der Waals surface area contributed by atoms with Crippen molar-refractivity contribution in [2.24, 2.45) is 5.92 Å². The number of thiophene rings is 1. The fraction of sp³-hybridized carbons (Fsp3) is 0.429. The molecule has 210 valence electrons. The van der Waals surface area contributed by atoms with Crippen molar-refractivity contribution in [2.75, 3.05) is 25.0 Å². The number of furan rings is 1. The minimum Gasteiger partial charge on any atom is -0.459 e. The fourth-order valence-corrected chi connectivity index (χ4v) is 7.12. The molecule has 3 aromatic heterocycles. The molecule has 0 radical (unpaired) electrons. The molecule has 2 N–H and O–H groups in total. The van der Waals surface area contributed by atoms with Crippen LogP contribution in [0.15, 0.2) is 34.9 Å². The molecule has 0 bridgehead atoms. The topological polar surface area (TPSA) is 151 Å². The Kier molecular flexibility index (Phi) is 7.21. The van der Waals surface area contributed by atoms with Crippen molar-refractivity contribution < 1.29 is 40.7 Å². The second kappa shape index (κ2) is 10.2. The summed E-state index contributed by atoms with van der Waals surface area (Å²) in [4.78, 5) is 30.7. The standard InChI is InChI=1S/C21H20ClF3N6O6S2/c22-15-4-3-12(38-15)8-26-20-27-17(28-31(20)18(33)14-2-1-7-37-14)13-10-30(19(34)16(13)21(23,24)25)39(35,36)29-6-5-11(32)9-29/h1-4,7,11,13,16,32H,5-6,8-10H2,(H,26,27,28). The Labute approximate surface area is 228 Å². The lowest BCUT2D eigenvalue weighted by Gasteiger charge is -2.23. The Hall–Kier alpha value is -2.99. The van der Waals surface area contributed by atoms with Gasteiger partial charge in [0.15, 0.2) is 11.6 Å². The van der Waals surface area contributed by atoms with Gasteiger partial charge in [-0.25, -0.2) is 4.31 Å². The van der Waals surface area contributed by atoms with Gasteiger partial charge in [0.05, 0.1) is 29.2 Å². The van der Waals surface area contributed by atoms with Crippen LogP contribution < -0.4 is 5.32 Å². The van der Waals surface area contributed by atoms with E-state index in [0.29, 0.717) is 9.02 Å². The van der Waals surface area contributed by atoms with Crippen molar-refractivity contribution in [3.05, 3.63) is 51.3 Å². The molecular formula is C21H20ClF3N6O6S2. The van der Waals surface area contributed by atoms with E-state index in [1.165, 1.54) is 29.7 Å². The van der Waals surface area contributed by atoms with E-state index in [-0.39, 0.29) is 42.1 Å². The first kappa shape index (κ1) is 27.6. The maximum Gasteiger partial charge on any atom is 0.401 e. The maximum absolute atomic E-state index is 14.1. The lowest BCUT2D eigenvalue weighted by Crippen LogP contribution is -2.45. The van der Waals surface area contributed by atoms with Crippen molar-refractivity contribution in [2.45, 2.75) is 31.2 Å². The number of carbonyl (C=O) groups excluding carboxylic acids is 2. The molecule has 1 amide bonds. The number of anilines is 1. The summed E-state index contributed by atoms with van der Waals surface area (Å²) in [6.45, 7) is -1.32. The van der Waals surface area contributed by atoms with E-state index < -0.39 is 58.5 Å². The average Bonchev–Trinajstić information content (AvgIpc) is 3.66. The summed E-state index contributed by atoms with van der Waals surface area (Å²) in [5.74, 6) is -8.15. The minimum atomic E-state index is -5.14. The molecule has 2 fully saturated rings. The highest BCUT2D eigenvalue weighted by molar-refractivity contribution is 7.87. The first-order valence-corrected chi connectivity index (χ1v) is 14.0. The molecule has 0 aliphatic carbocycles. The quantitative estimate of drug-likeness (QED) is 0.412. The number of nitrogens with zero attached hydrogens (tertiary/aromatic N) is 5. The van der Waals surface area contributed by atoms with E-state index in [4.69, 9.17) is 16.0 Å². The van der Waals surface area contributed by atoms with Gasteiger partial charge in [-0.1, -0.05) is 11.6 Å². The molecule has 12 nitrogen and oxygen atoms in total. The monoisotopic (exact) mass is 608 g/mol. The number of aromatic nitrogens is 3. The fourth-order valence-electron chi connectivity index (χ4n) is 4.43. The Balaban J connectivity index is 1.51. The number of halogens is 4. The largest absolute Gasteiger partial charge is 0.459 e. The van der Waals surface area contributed by atoms with Gasteiger partial charge in [-0.15, -0.1) is 16.4 Å². The number of aliphatic hydroxyl groups excluding tert-OH is 1. The molecule has 0 spiro atoms. The van der Waals surface area contributed by atoms with Gasteiger partial charge in [0.1, 0.15) is 5.92 Å². The molecule has 18 heteroatoms. The molecule has 3 aromatic rings. The highest BCUT2D eigenvalue weighted by Crippen LogP contribution is 2.44. The van der Waals surface area contributed by atoms with Gasteiger partial charge in [-0.3, -0.25) is 9.59 Å². The van der Waals surface area contributed by atoms with Crippen molar-refractivity contribution in [3.8, 4) is 0 Å². The molecule has 5 rings (SSSR count). The summed E-state index contributed by atoms with van der Waals surface area (Å²) >= 11 is 7.16. The molecule has 3 atom stereocenters. The van der Waals surface area contributed by atoms with Gasteiger partial charge < -0.3 is 14.8 Å². The lowest BCUT2D eigenvalue weighted by atomic mass is 9.94. The van der Waals surface area contributed by atoms with E-state index in [2.05, 4.69) is 15.4 Å². The third-order valence-electron chi connectivity index (χ3n) is 6.29. The molecular weight excluding hydrogens is 589 g/mol. The van der Waals surface area contributed by atoms with Crippen LogP contribution in [0.1, 0.15) is 33.6 Å². The summed E-state index contributed by atoms with van der Waals surface area (Å²) in [5.41, 5.74) is 0. The zero-order chi connectivity index (χ0) is 28.1. The van der Waals surface area contributed by atoms with Crippen LogP contribution in [-0.2, 0) is 21.5 Å². The van der Waals surface area contributed by atoms with Crippen LogP contribution in [0, 0.1) is 5.92 Å². The van der Waals surface area contributed by atoms with Crippen LogP contribution in [-0.4, -0.2) is 80.6 Å². The highest BCUT2D eigenvalue weighted by atomic mass is 35.5. The van der Waals surface area contributed by atoms with Crippen molar-refractivity contribution in [3.63, 3.8) is 0 Å². The van der Waals surface area contributed by atoms with Crippen molar-refractivity contribution in [1.29, 1.82) is 0 Å². The average molecular weight is 609 g/mol. The van der Waals surface area contributed by atoms with Gasteiger partial charge in [0, 0.05) is 24.5 Å².